The summed E-state index contributed by atoms with van der Waals surface area (Å²) in [5.74, 6) is 0.765. The third kappa shape index (κ3) is 7.03. The molecule has 3 nitrogen and oxygen atoms in total. The molecule has 1 aliphatic heterocycles. The van der Waals surface area contributed by atoms with E-state index in [-0.39, 0.29) is 5.91 Å². The van der Waals surface area contributed by atoms with Crippen LogP contribution in [0.5, 0.6) is 0 Å². The van der Waals surface area contributed by atoms with Gasteiger partial charge in [0.15, 0.2) is 0 Å². The number of nitrogens with zero attached hydrogens (tertiary/aromatic N) is 2. The molecule has 0 bridgehead atoms. The van der Waals surface area contributed by atoms with Crippen molar-refractivity contribution in [1.29, 1.82) is 0 Å². The fourth-order valence-corrected chi connectivity index (χ4v) is 3.56. The molecule has 1 saturated heterocycles. The smallest absolute Gasteiger partial charge is 0.246 e. The molecule has 3 rings (SSSR count). The van der Waals surface area contributed by atoms with Crippen LogP contribution in [0.3, 0.4) is 0 Å². The molecule has 1 aliphatic rings. The second-order valence-electron chi connectivity index (χ2n) is 8.11. The molecule has 3 heteroatoms. The molecule has 0 N–H and O–H groups in total. The fourth-order valence-electron chi connectivity index (χ4n) is 3.56. The SMILES string of the molecule is CC(C)Cc1ccc(/C=C/C(=O)N2CCN(C/C=C/c3ccccc3)CC2)cc1. The Kier molecular flexibility index (Phi) is 7.83. The molecular weight excluding hydrogens is 356 g/mol. The van der Waals surface area contributed by atoms with Crippen LogP contribution in [0.2, 0.25) is 0 Å². The van der Waals surface area contributed by atoms with Crippen molar-refractivity contribution >= 4 is 18.1 Å². The van der Waals surface area contributed by atoms with Crippen molar-refractivity contribution < 1.29 is 4.79 Å². The summed E-state index contributed by atoms with van der Waals surface area (Å²) in [6.45, 7) is 8.80. The topological polar surface area (TPSA) is 23.6 Å². The normalized spacial score (nSPS) is 15.6. The monoisotopic (exact) mass is 388 g/mol. The highest BCUT2D eigenvalue weighted by molar-refractivity contribution is 5.91. The molecule has 0 atom stereocenters. The number of hydrogen-bond donors (Lipinski definition) is 0. The second-order valence-corrected chi connectivity index (χ2v) is 8.11. The lowest BCUT2D eigenvalue weighted by molar-refractivity contribution is -0.127. The predicted molar refractivity (Wildman–Crippen MR) is 123 cm³/mol. The predicted octanol–water partition coefficient (Wildman–Crippen LogP) is 4.76. The first-order valence-corrected chi connectivity index (χ1v) is 10.6. The van der Waals surface area contributed by atoms with Crippen LogP contribution in [-0.4, -0.2) is 48.4 Å². The number of rotatable bonds is 7. The van der Waals surface area contributed by atoms with E-state index in [4.69, 9.17) is 0 Å². The van der Waals surface area contributed by atoms with Gasteiger partial charge in [0.25, 0.3) is 0 Å². The van der Waals surface area contributed by atoms with E-state index in [0.717, 1.165) is 44.7 Å². The van der Waals surface area contributed by atoms with E-state index in [1.165, 1.54) is 11.1 Å². The summed E-state index contributed by atoms with van der Waals surface area (Å²) < 4.78 is 0. The van der Waals surface area contributed by atoms with Gasteiger partial charge in [0, 0.05) is 38.8 Å². The zero-order chi connectivity index (χ0) is 20.5. The maximum absolute atomic E-state index is 12.5. The maximum Gasteiger partial charge on any atom is 0.246 e. The maximum atomic E-state index is 12.5. The van der Waals surface area contributed by atoms with E-state index in [0.29, 0.717) is 5.92 Å². The van der Waals surface area contributed by atoms with Crippen LogP contribution in [0, 0.1) is 5.92 Å². The summed E-state index contributed by atoms with van der Waals surface area (Å²) in [4.78, 5) is 16.8. The minimum Gasteiger partial charge on any atom is -0.337 e. The van der Waals surface area contributed by atoms with Gasteiger partial charge in [-0.05, 0) is 35.1 Å². The number of carbonyl (C=O) groups excluding carboxylic acids is 1. The summed E-state index contributed by atoms with van der Waals surface area (Å²) in [6.07, 6.45) is 9.09. The van der Waals surface area contributed by atoms with Crippen molar-refractivity contribution in [2.75, 3.05) is 32.7 Å². The van der Waals surface area contributed by atoms with Crippen molar-refractivity contribution in [3.05, 3.63) is 83.4 Å². The zero-order valence-corrected chi connectivity index (χ0v) is 17.6. The minimum absolute atomic E-state index is 0.107. The van der Waals surface area contributed by atoms with Gasteiger partial charge >= 0.3 is 0 Å². The molecule has 1 amide bonds. The van der Waals surface area contributed by atoms with Crippen LogP contribution >= 0.6 is 0 Å². The molecule has 1 heterocycles. The molecule has 2 aromatic rings. The number of carbonyl (C=O) groups is 1. The van der Waals surface area contributed by atoms with Crippen molar-refractivity contribution in [1.82, 2.24) is 9.80 Å². The molecule has 152 valence electrons. The van der Waals surface area contributed by atoms with Gasteiger partial charge in [0.1, 0.15) is 0 Å². The van der Waals surface area contributed by atoms with Gasteiger partial charge in [-0.15, -0.1) is 0 Å². The lowest BCUT2D eigenvalue weighted by Gasteiger charge is -2.33. The Morgan fingerprint density at radius 2 is 1.55 bits per heavy atom. The van der Waals surface area contributed by atoms with Crippen LogP contribution in [0.4, 0.5) is 0 Å². The van der Waals surface area contributed by atoms with Crippen molar-refractivity contribution in [3.8, 4) is 0 Å². The molecule has 0 unspecified atom stereocenters. The van der Waals surface area contributed by atoms with Gasteiger partial charge in [-0.3, -0.25) is 9.69 Å². The van der Waals surface area contributed by atoms with Crippen molar-refractivity contribution in [3.63, 3.8) is 0 Å². The van der Waals surface area contributed by atoms with Crippen LogP contribution in [0.1, 0.15) is 30.5 Å². The van der Waals surface area contributed by atoms with Crippen LogP contribution < -0.4 is 0 Å². The summed E-state index contributed by atoms with van der Waals surface area (Å²) >= 11 is 0. The lowest BCUT2D eigenvalue weighted by atomic mass is 10.0. The number of benzene rings is 2. The van der Waals surface area contributed by atoms with Crippen LogP contribution in [0.15, 0.2) is 66.7 Å². The molecule has 29 heavy (non-hydrogen) atoms. The highest BCUT2D eigenvalue weighted by Crippen LogP contribution is 2.11. The third-order valence-electron chi connectivity index (χ3n) is 5.20. The van der Waals surface area contributed by atoms with Gasteiger partial charge in [-0.1, -0.05) is 80.6 Å². The van der Waals surface area contributed by atoms with E-state index < -0.39 is 0 Å². The molecule has 0 aliphatic carbocycles. The van der Waals surface area contributed by atoms with Crippen molar-refractivity contribution in [2.24, 2.45) is 5.92 Å². The quantitative estimate of drug-likeness (QED) is 0.639. The average Bonchev–Trinajstić information content (AvgIpc) is 2.74. The largest absolute Gasteiger partial charge is 0.337 e. The Balaban J connectivity index is 1.42. The summed E-state index contributed by atoms with van der Waals surface area (Å²) in [5, 5.41) is 0. The van der Waals surface area contributed by atoms with Gasteiger partial charge in [0.05, 0.1) is 0 Å². The molecule has 0 aromatic heterocycles. The zero-order valence-electron chi connectivity index (χ0n) is 17.6. The van der Waals surface area contributed by atoms with Gasteiger partial charge in [0.2, 0.25) is 5.91 Å². The summed E-state index contributed by atoms with van der Waals surface area (Å²) in [7, 11) is 0. The highest BCUT2D eigenvalue weighted by atomic mass is 16.2. The van der Waals surface area contributed by atoms with E-state index in [1.807, 2.05) is 17.0 Å². The van der Waals surface area contributed by atoms with Crippen LogP contribution in [0.25, 0.3) is 12.2 Å². The highest BCUT2D eigenvalue weighted by Gasteiger charge is 2.18. The average molecular weight is 389 g/mol. The van der Waals surface area contributed by atoms with E-state index in [2.05, 4.69) is 79.4 Å². The first-order chi connectivity index (χ1) is 14.1. The molecule has 1 fully saturated rings. The Morgan fingerprint density at radius 1 is 0.897 bits per heavy atom. The number of hydrogen-bond acceptors (Lipinski definition) is 2. The first kappa shape index (κ1) is 21.1. The molecule has 2 aromatic carbocycles. The Hall–Kier alpha value is -2.65. The van der Waals surface area contributed by atoms with Gasteiger partial charge < -0.3 is 4.90 Å². The second kappa shape index (κ2) is 10.8. The summed E-state index contributed by atoms with van der Waals surface area (Å²) in [5.41, 5.74) is 3.65. The van der Waals surface area contributed by atoms with Gasteiger partial charge in [-0.25, -0.2) is 0 Å². The van der Waals surface area contributed by atoms with E-state index in [1.54, 1.807) is 6.08 Å². The molecule has 0 saturated carbocycles. The molecule has 0 radical (unpaired) electrons. The first-order valence-electron chi connectivity index (χ1n) is 10.6. The number of piperazine rings is 1. The van der Waals surface area contributed by atoms with Crippen LogP contribution in [-0.2, 0) is 11.2 Å². The summed E-state index contributed by atoms with van der Waals surface area (Å²) in [6, 6.07) is 18.9. The minimum atomic E-state index is 0.107. The number of amides is 1. The Morgan fingerprint density at radius 3 is 2.21 bits per heavy atom. The fraction of sp³-hybridized carbons (Fsp3) is 0.346. The van der Waals surface area contributed by atoms with Crippen molar-refractivity contribution in [2.45, 2.75) is 20.3 Å². The van der Waals surface area contributed by atoms with Gasteiger partial charge in [-0.2, -0.15) is 0 Å². The lowest BCUT2D eigenvalue weighted by Crippen LogP contribution is -2.48. The Labute approximate surface area is 175 Å². The van der Waals surface area contributed by atoms with E-state index in [9.17, 15) is 4.79 Å². The van der Waals surface area contributed by atoms with E-state index >= 15 is 0 Å². The molecule has 0 spiro atoms. The molecular formula is C26H32N2O. The third-order valence-corrected chi connectivity index (χ3v) is 5.20. The Bertz CT molecular complexity index is 814. The standard InChI is InChI=1S/C26H32N2O/c1-22(2)21-25-12-10-24(11-13-25)14-15-26(29)28-19-17-27(18-20-28)16-6-9-23-7-4-3-5-8-23/h3-15,22H,16-21H2,1-2H3/b9-6+,15-14+.